The average Bonchev–Trinajstić information content (AvgIpc) is 2.41. The van der Waals surface area contributed by atoms with Gasteiger partial charge in [-0.25, -0.2) is 0 Å². The highest BCUT2D eigenvalue weighted by Crippen LogP contribution is 2.58. The minimum absolute atomic E-state index is 0.567. The molecule has 102 valence electrons. The lowest BCUT2D eigenvalue weighted by molar-refractivity contribution is -0.000462. The second-order valence-electron chi connectivity index (χ2n) is 6.60. The summed E-state index contributed by atoms with van der Waals surface area (Å²) in [4.78, 5) is 0. The van der Waals surface area contributed by atoms with Crippen molar-refractivity contribution in [1.29, 1.82) is 0 Å². The number of allylic oxidation sites excluding steroid dienone is 1. The summed E-state index contributed by atoms with van der Waals surface area (Å²) in [5.74, 6) is 2.88. The monoisotopic (exact) mass is 273 g/mol. The van der Waals surface area contributed by atoms with E-state index in [0.717, 1.165) is 17.6 Å². The largest absolute Gasteiger partial charge is 0.329 e. The molecule has 3 aliphatic rings. The predicted molar refractivity (Wildman–Crippen MR) is 85.3 cm³/mol. The lowest BCUT2D eigenvalue weighted by Crippen LogP contribution is -2.46. The Labute approximate surface area is 121 Å². The zero-order valence-corrected chi connectivity index (χ0v) is 12.9. The number of nitrogens with one attached hydrogen (secondary N) is 1. The third-order valence-corrected chi connectivity index (χ3v) is 5.96. The molecule has 2 heteroatoms. The van der Waals surface area contributed by atoms with Crippen LogP contribution in [0.3, 0.4) is 0 Å². The van der Waals surface area contributed by atoms with E-state index in [1.165, 1.54) is 24.1 Å². The molecule has 0 aromatic heterocycles. The van der Waals surface area contributed by atoms with Gasteiger partial charge in [0.15, 0.2) is 0 Å². The van der Waals surface area contributed by atoms with Gasteiger partial charge in [-0.1, -0.05) is 43.7 Å². The Kier molecular flexibility index (Phi) is 3.38. The van der Waals surface area contributed by atoms with Crippen molar-refractivity contribution in [2.24, 2.45) is 17.3 Å². The van der Waals surface area contributed by atoms with Crippen molar-refractivity contribution in [3.63, 3.8) is 0 Å². The van der Waals surface area contributed by atoms with E-state index in [1.807, 2.05) is 11.9 Å². The normalized spacial score (nSPS) is 27.4. The molecule has 1 aromatic carbocycles. The smallest absolute Gasteiger partial charge is 0.0469 e. The molecule has 1 nitrogen and oxygen atoms in total. The Morgan fingerprint density at radius 2 is 2.11 bits per heavy atom. The van der Waals surface area contributed by atoms with Gasteiger partial charge in [0, 0.05) is 11.4 Å². The van der Waals surface area contributed by atoms with Crippen molar-refractivity contribution in [2.45, 2.75) is 33.6 Å². The number of para-hydroxylation sites is 1. The minimum Gasteiger partial charge on any atom is -0.329 e. The Morgan fingerprint density at radius 3 is 2.74 bits per heavy atom. The van der Waals surface area contributed by atoms with Crippen molar-refractivity contribution in [1.82, 2.24) is 0 Å². The molecule has 0 heterocycles. The molecule has 0 aliphatic heterocycles. The molecule has 0 unspecified atom stereocenters. The van der Waals surface area contributed by atoms with Gasteiger partial charge in [-0.05, 0) is 60.6 Å². The Morgan fingerprint density at radius 1 is 1.32 bits per heavy atom. The maximum atomic E-state index is 3.49. The summed E-state index contributed by atoms with van der Waals surface area (Å²) in [7, 11) is 0. The van der Waals surface area contributed by atoms with Crippen LogP contribution in [-0.2, 0) is 0 Å². The summed E-state index contributed by atoms with van der Waals surface area (Å²) < 4.78 is 3.49. The standard InChI is InChI=1S/C17H23NS/c1-12-6-4-5-7-16(12)18-19-11-13-8-14-10-15(9-13)17(14,2)3/h4-8,14-15,18H,9-11H2,1-3H3/t14-,15+/m0/s1. The number of benzene rings is 1. The van der Waals surface area contributed by atoms with Gasteiger partial charge in [0.2, 0.25) is 0 Å². The fourth-order valence-corrected chi connectivity index (χ4v) is 4.21. The summed E-state index contributed by atoms with van der Waals surface area (Å²) in [6.07, 6.45) is 5.28. The van der Waals surface area contributed by atoms with E-state index in [0.29, 0.717) is 5.41 Å². The Bertz CT molecular complexity index is 504. The molecule has 0 saturated heterocycles. The van der Waals surface area contributed by atoms with Crippen LogP contribution in [0.25, 0.3) is 0 Å². The molecule has 1 N–H and O–H groups in total. The lowest BCUT2D eigenvalue weighted by Gasteiger charge is -2.55. The van der Waals surface area contributed by atoms with E-state index >= 15 is 0 Å². The van der Waals surface area contributed by atoms with Crippen LogP contribution in [0.1, 0.15) is 32.3 Å². The summed E-state index contributed by atoms with van der Waals surface area (Å²) in [5, 5.41) is 0. The van der Waals surface area contributed by atoms with Crippen LogP contribution < -0.4 is 4.72 Å². The third kappa shape index (κ3) is 2.43. The van der Waals surface area contributed by atoms with Gasteiger partial charge in [0.25, 0.3) is 0 Å². The van der Waals surface area contributed by atoms with Gasteiger partial charge < -0.3 is 4.72 Å². The highest BCUT2D eigenvalue weighted by atomic mass is 32.2. The van der Waals surface area contributed by atoms with Gasteiger partial charge in [0.05, 0.1) is 0 Å². The first-order valence-corrected chi connectivity index (χ1v) is 8.19. The molecule has 1 fully saturated rings. The second kappa shape index (κ2) is 4.90. The molecule has 19 heavy (non-hydrogen) atoms. The van der Waals surface area contributed by atoms with Crippen LogP contribution in [0.5, 0.6) is 0 Å². The first-order valence-electron chi connectivity index (χ1n) is 7.20. The van der Waals surface area contributed by atoms with Crippen molar-refractivity contribution in [3.05, 3.63) is 41.5 Å². The molecular formula is C17H23NS. The van der Waals surface area contributed by atoms with Crippen molar-refractivity contribution < 1.29 is 0 Å². The van der Waals surface area contributed by atoms with Crippen LogP contribution in [0, 0.1) is 24.2 Å². The van der Waals surface area contributed by atoms with Gasteiger partial charge in [-0.2, -0.15) is 0 Å². The highest BCUT2D eigenvalue weighted by Gasteiger charge is 2.49. The number of aryl methyl sites for hydroxylation is 1. The molecule has 2 bridgehead atoms. The summed E-state index contributed by atoms with van der Waals surface area (Å²) in [6.45, 7) is 7.01. The van der Waals surface area contributed by atoms with E-state index in [2.05, 4.69) is 55.8 Å². The van der Waals surface area contributed by atoms with E-state index < -0.39 is 0 Å². The lowest BCUT2D eigenvalue weighted by atomic mass is 9.50. The van der Waals surface area contributed by atoms with Crippen LogP contribution in [0.4, 0.5) is 5.69 Å². The molecule has 0 spiro atoms. The number of anilines is 1. The fourth-order valence-electron chi connectivity index (χ4n) is 3.36. The van der Waals surface area contributed by atoms with Crippen LogP contribution >= 0.6 is 11.9 Å². The number of fused-ring (bicyclic) bond motifs is 1. The molecular weight excluding hydrogens is 250 g/mol. The molecule has 0 radical (unpaired) electrons. The minimum atomic E-state index is 0.567. The zero-order valence-electron chi connectivity index (χ0n) is 12.1. The Balaban J connectivity index is 1.53. The highest BCUT2D eigenvalue weighted by molar-refractivity contribution is 8.00. The van der Waals surface area contributed by atoms with Crippen LogP contribution in [0.15, 0.2) is 35.9 Å². The van der Waals surface area contributed by atoms with Crippen molar-refractivity contribution >= 4 is 17.6 Å². The first kappa shape index (κ1) is 13.1. The molecule has 1 aromatic rings. The summed E-state index contributed by atoms with van der Waals surface area (Å²) in [5.41, 5.74) is 4.77. The van der Waals surface area contributed by atoms with Gasteiger partial charge in [-0.15, -0.1) is 0 Å². The third-order valence-electron chi connectivity index (χ3n) is 5.08. The average molecular weight is 273 g/mol. The van der Waals surface area contributed by atoms with Crippen molar-refractivity contribution in [3.8, 4) is 0 Å². The van der Waals surface area contributed by atoms with Gasteiger partial charge in [-0.3, -0.25) is 0 Å². The van der Waals surface area contributed by atoms with E-state index in [9.17, 15) is 0 Å². The fraction of sp³-hybridized carbons (Fsp3) is 0.529. The number of hydrogen-bond donors (Lipinski definition) is 1. The topological polar surface area (TPSA) is 12.0 Å². The molecule has 0 amide bonds. The summed E-state index contributed by atoms with van der Waals surface area (Å²) >= 11 is 1.83. The van der Waals surface area contributed by atoms with E-state index in [4.69, 9.17) is 0 Å². The van der Waals surface area contributed by atoms with E-state index in [1.54, 1.807) is 5.57 Å². The second-order valence-corrected chi connectivity index (χ2v) is 7.38. The SMILES string of the molecule is Cc1ccccc1NSCC1=C[C@H]2C[C@@H](C1)C2(C)C. The maximum Gasteiger partial charge on any atom is 0.0469 e. The van der Waals surface area contributed by atoms with E-state index in [-0.39, 0.29) is 0 Å². The van der Waals surface area contributed by atoms with Gasteiger partial charge >= 0.3 is 0 Å². The maximum absolute atomic E-state index is 3.49. The first-order chi connectivity index (χ1) is 9.07. The predicted octanol–water partition coefficient (Wildman–Crippen LogP) is 5.05. The van der Waals surface area contributed by atoms with Crippen molar-refractivity contribution in [2.75, 3.05) is 10.5 Å². The molecule has 3 aliphatic carbocycles. The molecule has 4 rings (SSSR count). The molecule has 2 atom stereocenters. The summed E-state index contributed by atoms with van der Waals surface area (Å²) in [6, 6.07) is 8.48. The zero-order chi connectivity index (χ0) is 13.5. The van der Waals surface area contributed by atoms with Crippen LogP contribution in [-0.4, -0.2) is 5.75 Å². The van der Waals surface area contributed by atoms with Gasteiger partial charge in [0.1, 0.15) is 0 Å². The Hall–Kier alpha value is -0.890. The quantitative estimate of drug-likeness (QED) is 0.608. The molecule has 1 saturated carbocycles. The van der Waals surface area contributed by atoms with Crippen LogP contribution in [0.2, 0.25) is 0 Å². The number of rotatable bonds is 4. The number of hydrogen-bond acceptors (Lipinski definition) is 2.